The van der Waals surface area contributed by atoms with Crippen LogP contribution in [0.2, 0.25) is 0 Å². The largest absolute Gasteiger partial charge is 0.444 e. The van der Waals surface area contributed by atoms with Gasteiger partial charge in [0.25, 0.3) is 0 Å². The average Bonchev–Trinajstić information content (AvgIpc) is 3.07. The molecule has 1 fully saturated rings. The number of nitrogens with one attached hydrogen (secondary N) is 1. The van der Waals surface area contributed by atoms with E-state index in [1.165, 1.54) is 0 Å². The monoisotopic (exact) mass is 340 g/mol. The summed E-state index contributed by atoms with van der Waals surface area (Å²) in [6, 6.07) is 1.96. The summed E-state index contributed by atoms with van der Waals surface area (Å²) >= 11 is 3.41. The molecular weight excluding hydrogens is 320 g/mol. The second-order valence-electron chi connectivity index (χ2n) is 6.32. The third-order valence-corrected chi connectivity index (χ3v) is 3.58. The summed E-state index contributed by atoms with van der Waals surface area (Å²) in [7, 11) is 0. The fraction of sp³-hybridized carbons (Fsp3) is 0.600. The first-order valence-electron chi connectivity index (χ1n) is 6.88. The number of nitrogens with zero attached hydrogens (tertiary/aromatic N) is 1. The maximum atomic E-state index is 12.0. The number of aromatic nitrogens is 1. The molecule has 0 radical (unpaired) electrons. The molecule has 1 aliphatic rings. The fourth-order valence-corrected chi connectivity index (χ4v) is 2.60. The number of aryl methyl sites for hydroxylation is 1. The van der Waals surface area contributed by atoms with Crippen molar-refractivity contribution in [2.24, 2.45) is 5.92 Å². The molecule has 1 aliphatic carbocycles. The summed E-state index contributed by atoms with van der Waals surface area (Å²) < 4.78 is 6.29. The third kappa shape index (κ3) is 4.20. The smallest absolute Gasteiger partial charge is 0.408 e. The van der Waals surface area contributed by atoms with Gasteiger partial charge < -0.3 is 10.1 Å². The Hall–Kier alpha value is -1.10. The molecule has 1 heterocycles. The number of hydrogen-bond donors (Lipinski definition) is 1. The van der Waals surface area contributed by atoms with Crippen LogP contribution in [-0.4, -0.2) is 16.7 Å². The van der Waals surface area contributed by atoms with Crippen LogP contribution in [0.25, 0.3) is 0 Å². The van der Waals surface area contributed by atoms with Gasteiger partial charge in [-0.25, -0.2) is 4.79 Å². The number of carbonyl (C=O) groups excluding carboxylic acids is 1. The SMILES string of the molecule is Cc1cc(Br)cnc1C(NC(=O)OC(C)(C)C)C1CC1. The van der Waals surface area contributed by atoms with Crippen LogP contribution in [-0.2, 0) is 4.74 Å². The van der Waals surface area contributed by atoms with E-state index in [-0.39, 0.29) is 12.1 Å². The first-order valence-corrected chi connectivity index (χ1v) is 7.67. The van der Waals surface area contributed by atoms with Gasteiger partial charge in [0.05, 0.1) is 11.7 Å². The molecular formula is C15H21BrN2O2. The molecule has 0 aliphatic heterocycles. The summed E-state index contributed by atoms with van der Waals surface area (Å²) in [5.74, 6) is 0.467. The Bertz CT molecular complexity index is 507. The van der Waals surface area contributed by atoms with E-state index < -0.39 is 5.60 Å². The van der Waals surface area contributed by atoms with Gasteiger partial charge >= 0.3 is 6.09 Å². The lowest BCUT2D eigenvalue weighted by Crippen LogP contribution is -2.36. The van der Waals surface area contributed by atoms with Crippen molar-refractivity contribution in [2.75, 3.05) is 0 Å². The zero-order chi connectivity index (χ0) is 14.9. The summed E-state index contributed by atoms with van der Waals surface area (Å²) in [5, 5.41) is 2.97. The Balaban J connectivity index is 2.13. The van der Waals surface area contributed by atoms with Crippen LogP contribution in [0.15, 0.2) is 16.7 Å². The molecule has 5 heteroatoms. The molecule has 0 aromatic carbocycles. The number of amides is 1. The summed E-state index contributed by atoms with van der Waals surface area (Å²) in [4.78, 5) is 16.5. The zero-order valence-corrected chi connectivity index (χ0v) is 14.0. The van der Waals surface area contributed by atoms with Gasteiger partial charge in [-0.05, 0) is 74.0 Å². The molecule has 1 amide bonds. The van der Waals surface area contributed by atoms with Crippen molar-refractivity contribution < 1.29 is 9.53 Å². The molecule has 1 unspecified atom stereocenters. The highest BCUT2D eigenvalue weighted by molar-refractivity contribution is 9.10. The molecule has 0 bridgehead atoms. The van der Waals surface area contributed by atoms with Gasteiger partial charge in [-0.1, -0.05) is 0 Å². The molecule has 1 aromatic rings. The number of hydrogen-bond acceptors (Lipinski definition) is 3. The number of ether oxygens (including phenoxy) is 1. The number of rotatable bonds is 3. The van der Waals surface area contributed by atoms with Crippen LogP contribution in [0, 0.1) is 12.8 Å². The van der Waals surface area contributed by atoms with E-state index in [1.807, 2.05) is 33.8 Å². The number of carbonyl (C=O) groups is 1. The van der Waals surface area contributed by atoms with Crippen LogP contribution in [0.4, 0.5) is 4.79 Å². The van der Waals surface area contributed by atoms with Crippen molar-refractivity contribution in [1.29, 1.82) is 0 Å². The zero-order valence-electron chi connectivity index (χ0n) is 12.4. The van der Waals surface area contributed by atoms with Crippen molar-refractivity contribution in [3.8, 4) is 0 Å². The minimum Gasteiger partial charge on any atom is -0.444 e. The molecule has 110 valence electrons. The van der Waals surface area contributed by atoms with Gasteiger partial charge in [-0.15, -0.1) is 0 Å². The molecule has 1 N–H and O–H groups in total. The number of alkyl carbamates (subject to hydrolysis) is 1. The van der Waals surface area contributed by atoms with Crippen molar-refractivity contribution in [3.05, 3.63) is 28.0 Å². The lowest BCUT2D eigenvalue weighted by Gasteiger charge is -2.24. The highest BCUT2D eigenvalue weighted by Gasteiger charge is 2.36. The maximum Gasteiger partial charge on any atom is 0.408 e. The third-order valence-electron chi connectivity index (χ3n) is 3.15. The fourth-order valence-electron chi connectivity index (χ4n) is 2.15. The van der Waals surface area contributed by atoms with Crippen LogP contribution in [0.5, 0.6) is 0 Å². The van der Waals surface area contributed by atoms with Crippen LogP contribution in [0.3, 0.4) is 0 Å². The van der Waals surface area contributed by atoms with Gasteiger partial charge in [-0.2, -0.15) is 0 Å². The summed E-state index contributed by atoms with van der Waals surface area (Å²) in [6.45, 7) is 7.60. The van der Waals surface area contributed by atoms with E-state index in [0.717, 1.165) is 28.6 Å². The standard InChI is InChI=1S/C15H21BrN2O2/c1-9-7-11(16)8-17-12(9)13(10-5-6-10)18-14(19)20-15(2,3)4/h7-8,10,13H,5-6H2,1-4H3,(H,18,19). The summed E-state index contributed by atoms with van der Waals surface area (Å²) in [6.07, 6.45) is 3.64. The number of halogens is 1. The molecule has 20 heavy (non-hydrogen) atoms. The topological polar surface area (TPSA) is 51.2 Å². The van der Waals surface area contributed by atoms with Crippen molar-refractivity contribution in [1.82, 2.24) is 10.3 Å². The van der Waals surface area contributed by atoms with E-state index >= 15 is 0 Å². The second-order valence-corrected chi connectivity index (χ2v) is 7.23. The first-order chi connectivity index (χ1) is 9.26. The van der Waals surface area contributed by atoms with Gasteiger partial charge in [0.1, 0.15) is 5.60 Å². The van der Waals surface area contributed by atoms with Crippen molar-refractivity contribution in [2.45, 2.75) is 52.2 Å². The molecule has 0 spiro atoms. The Morgan fingerprint density at radius 1 is 1.50 bits per heavy atom. The van der Waals surface area contributed by atoms with E-state index in [4.69, 9.17) is 4.74 Å². The van der Waals surface area contributed by atoms with Crippen LogP contribution in [0.1, 0.15) is 50.9 Å². The quantitative estimate of drug-likeness (QED) is 0.899. The Morgan fingerprint density at radius 3 is 2.65 bits per heavy atom. The highest BCUT2D eigenvalue weighted by Crippen LogP contribution is 2.41. The highest BCUT2D eigenvalue weighted by atomic mass is 79.9. The molecule has 1 saturated carbocycles. The summed E-state index contributed by atoms with van der Waals surface area (Å²) in [5.41, 5.74) is 1.52. The minimum absolute atomic E-state index is 0.0575. The van der Waals surface area contributed by atoms with Gasteiger partial charge in [0.2, 0.25) is 0 Å². The van der Waals surface area contributed by atoms with Gasteiger partial charge in [0, 0.05) is 10.7 Å². The van der Waals surface area contributed by atoms with Crippen LogP contribution < -0.4 is 5.32 Å². The Morgan fingerprint density at radius 2 is 2.15 bits per heavy atom. The lowest BCUT2D eigenvalue weighted by atomic mass is 10.0. The van der Waals surface area contributed by atoms with E-state index in [1.54, 1.807) is 6.20 Å². The average molecular weight is 341 g/mol. The normalized spacial score (nSPS) is 16.6. The first kappa shape index (κ1) is 15.3. The second kappa shape index (κ2) is 5.72. The molecule has 1 atom stereocenters. The van der Waals surface area contributed by atoms with Gasteiger partial charge in [0.15, 0.2) is 0 Å². The molecule has 0 saturated heterocycles. The van der Waals surface area contributed by atoms with E-state index in [0.29, 0.717) is 5.92 Å². The van der Waals surface area contributed by atoms with Gasteiger partial charge in [-0.3, -0.25) is 4.98 Å². The lowest BCUT2D eigenvalue weighted by molar-refractivity contribution is 0.0495. The molecule has 2 rings (SSSR count). The minimum atomic E-state index is -0.486. The van der Waals surface area contributed by atoms with E-state index in [2.05, 4.69) is 26.2 Å². The predicted octanol–water partition coefficient (Wildman–Crippen LogP) is 4.13. The van der Waals surface area contributed by atoms with Crippen molar-refractivity contribution >= 4 is 22.0 Å². The Kier molecular flexibility index (Phi) is 4.37. The number of pyridine rings is 1. The van der Waals surface area contributed by atoms with Crippen LogP contribution >= 0.6 is 15.9 Å². The molecule has 1 aromatic heterocycles. The Labute approximate surface area is 128 Å². The van der Waals surface area contributed by atoms with Crippen molar-refractivity contribution in [3.63, 3.8) is 0 Å². The van der Waals surface area contributed by atoms with E-state index in [9.17, 15) is 4.79 Å². The maximum absolute atomic E-state index is 12.0. The molecule has 4 nitrogen and oxygen atoms in total. The predicted molar refractivity (Wildman–Crippen MR) is 81.5 cm³/mol.